The molecule has 2 fully saturated rings. The number of benzene rings is 1. The predicted octanol–water partition coefficient (Wildman–Crippen LogP) is 1.38. The van der Waals surface area contributed by atoms with E-state index in [9.17, 15) is 9.90 Å². The summed E-state index contributed by atoms with van der Waals surface area (Å²) < 4.78 is 0. The van der Waals surface area contributed by atoms with Crippen LogP contribution in [0.25, 0.3) is 0 Å². The number of nitrogens with one attached hydrogen (secondary N) is 1. The normalized spacial score (nSPS) is 26.6. The Hall–Kier alpha value is -2.22. The lowest BCUT2D eigenvalue weighted by Gasteiger charge is -2.51. The van der Waals surface area contributed by atoms with Crippen LogP contribution < -0.4 is 0 Å². The fraction of sp³-hybridized carbons (Fsp3) is 0.545. The third-order valence-corrected chi connectivity index (χ3v) is 6.59. The Kier molecular flexibility index (Phi) is 5.46. The summed E-state index contributed by atoms with van der Waals surface area (Å²) in [6.07, 6.45) is 0.524. The third-order valence-electron chi connectivity index (χ3n) is 6.59. The summed E-state index contributed by atoms with van der Waals surface area (Å²) in [4.78, 5) is 19.9. The monoisotopic (exact) mass is 397 g/mol. The molecule has 0 aliphatic carbocycles. The first-order valence-corrected chi connectivity index (χ1v) is 10.4. The van der Waals surface area contributed by atoms with Crippen LogP contribution in [0.4, 0.5) is 0 Å². The van der Waals surface area contributed by atoms with Crippen molar-refractivity contribution in [3.8, 4) is 0 Å². The van der Waals surface area contributed by atoms with Gasteiger partial charge in [-0.25, -0.2) is 0 Å². The minimum atomic E-state index is -0.964. The van der Waals surface area contributed by atoms with E-state index in [-0.39, 0.29) is 11.9 Å². The van der Waals surface area contributed by atoms with Crippen LogP contribution in [0, 0.1) is 13.8 Å². The quantitative estimate of drug-likeness (QED) is 0.818. The Balaban J connectivity index is 1.64. The lowest BCUT2D eigenvalue weighted by Crippen LogP contribution is -2.64. The molecule has 0 saturated carbocycles. The van der Waals surface area contributed by atoms with Crippen molar-refractivity contribution >= 4 is 5.91 Å². The zero-order chi connectivity index (χ0) is 20.6. The smallest absolute Gasteiger partial charge is 0.257 e. The molecule has 156 valence electrons. The predicted molar refractivity (Wildman–Crippen MR) is 112 cm³/mol. The van der Waals surface area contributed by atoms with Crippen LogP contribution in [0.1, 0.15) is 33.7 Å². The molecule has 4 rings (SSSR count). The van der Waals surface area contributed by atoms with E-state index in [2.05, 4.69) is 27.0 Å². The first-order valence-electron chi connectivity index (χ1n) is 10.4. The highest BCUT2D eigenvalue weighted by Crippen LogP contribution is 2.37. The second-order valence-corrected chi connectivity index (χ2v) is 8.46. The number of piperazine rings is 1. The van der Waals surface area contributed by atoms with Crippen LogP contribution in [0.5, 0.6) is 0 Å². The summed E-state index contributed by atoms with van der Waals surface area (Å²) in [5.74, 6) is 0.00277. The summed E-state index contributed by atoms with van der Waals surface area (Å²) in [5, 5.41) is 19.0. The van der Waals surface area contributed by atoms with E-state index in [1.807, 2.05) is 49.1 Å². The topological polar surface area (TPSA) is 75.7 Å². The molecular weight excluding hydrogens is 366 g/mol. The number of H-pyrrole nitrogens is 1. The Morgan fingerprint density at radius 3 is 2.45 bits per heavy atom. The van der Waals surface area contributed by atoms with Crippen molar-refractivity contribution in [2.75, 3.05) is 46.3 Å². The van der Waals surface area contributed by atoms with Crippen molar-refractivity contribution < 1.29 is 9.90 Å². The number of piperidine rings is 1. The fourth-order valence-corrected chi connectivity index (χ4v) is 4.75. The number of hydrogen-bond donors (Lipinski definition) is 2. The number of aryl methyl sites for hydroxylation is 2. The number of amides is 1. The summed E-state index contributed by atoms with van der Waals surface area (Å²) >= 11 is 0. The van der Waals surface area contributed by atoms with Gasteiger partial charge in [0, 0.05) is 45.0 Å². The number of carbonyl (C=O) groups excluding carboxylic acids is 1. The van der Waals surface area contributed by atoms with E-state index in [1.165, 1.54) is 0 Å². The number of likely N-dealkylation sites (N-methyl/N-ethyl adjacent to an activating group) is 1. The molecule has 7 nitrogen and oxygen atoms in total. The van der Waals surface area contributed by atoms with Gasteiger partial charge in [-0.05, 0) is 32.9 Å². The largest absolute Gasteiger partial charge is 0.383 e. The molecule has 0 unspecified atom stereocenters. The SMILES string of the molecule is Cc1n[nH]c(C)c1C(=O)N1CC[C@](O)(c2ccccc2)[C@H](N2CCN(C)CC2)C1. The number of carbonyl (C=O) groups is 1. The molecule has 2 atom stereocenters. The number of aliphatic hydroxyl groups is 1. The van der Waals surface area contributed by atoms with Gasteiger partial charge in [-0.2, -0.15) is 5.10 Å². The van der Waals surface area contributed by atoms with Gasteiger partial charge >= 0.3 is 0 Å². The molecule has 2 aromatic rings. The summed E-state index contributed by atoms with van der Waals surface area (Å²) in [5.41, 5.74) is 2.16. The van der Waals surface area contributed by atoms with Crippen LogP contribution in [-0.2, 0) is 5.60 Å². The van der Waals surface area contributed by atoms with E-state index >= 15 is 0 Å². The zero-order valence-electron chi connectivity index (χ0n) is 17.6. The number of rotatable bonds is 3. The molecule has 2 aliphatic rings. The van der Waals surface area contributed by atoms with Crippen molar-refractivity contribution in [2.24, 2.45) is 0 Å². The third kappa shape index (κ3) is 3.70. The molecule has 29 heavy (non-hydrogen) atoms. The molecule has 2 N–H and O–H groups in total. The average Bonchev–Trinajstić information content (AvgIpc) is 3.07. The molecule has 2 saturated heterocycles. The Morgan fingerprint density at radius 1 is 1.14 bits per heavy atom. The summed E-state index contributed by atoms with van der Waals surface area (Å²) in [6.45, 7) is 8.50. The molecule has 0 radical (unpaired) electrons. The van der Waals surface area contributed by atoms with Gasteiger partial charge in [0.15, 0.2) is 0 Å². The lowest BCUT2D eigenvalue weighted by atomic mass is 9.79. The lowest BCUT2D eigenvalue weighted by molar-refractivity contribution is -0.101. The van der Waals surface area contributed by atoms with Gasteiger partial charge in [0.05, 0.1) is 17.3 Å². The highest BCUT2D eigenvalue weighted by atomic mass is 16.3. The van der Waals surface area contributed by atoms with E-state index < -0.39 is 5.60 Å². The number of likely N-dealkylation sites (tertiary alicyclic amines) is 1. The molecule has 1 aromatic carbocycles. The first-order chi connectivity index (χ1) is 13.9. The molecule has 3 heterocycles. The van der Waals surface area contributed by atoms with Crippen LogP contribution in [0.15, 0.2) is 30.3 Å². The van der Waals surface area contributed by atoms with Crippen molar-refractivity contribution in [3.63, 3.8) is 0 Å². The molecule has 1 aromatic heterocycles. The average molecular weight is 398 g/mol. The molecule has 2 aliphatic heterocycles. The Bertz CT molecular complexity index is 840. The molecule has 7 heteroatoms. The number of aromatic nitrogens is 2. The second-order valence-electron chi connectivity index (χ2n) is 8.46. The number of nitrogens with zero attached hydrogens (tertiary/aromatic N) is 4. The first kappa shape index (κ1) is 20.1. The minimum Gasteiger partial charge on any atom is -0.383 e. The number of aromatic amines is 1. The van der Waals surface area contributed by atoms with Gasteiger partial charge in [0.25, 0.3) is 5.91 Å². The van der Waals surface area contributed by atoms with Crippen LogP contribution in [0.2, 0.25) is 0 Å². The van der Waals surface area contributed by atoms with Crippen molar-refractivity contribution in [3.05, 3.63) is 52.8 Å². The van der Waals surface area contributed by atoms with Gasteiger partial charge in [0.1, 0.15) is 5.60 Å². The fourth-order valence-electron chi connectivity index (χ4n) is 4.75. The van der Waals surface area contributed by atoms with E-state index in [1.54, 1.807) is 0 Å². The van der Waals surface area contributed by atoms with E-state index in [0.29, 0.717) is 25.1 Å². The maximum absolute atomic E-state index is 13.3. The maximum atomic E-state index is 13.3. The minimum absolute atomic E-state index is 0.00277. The highest BCUT2D eigenvalue weighted by Gasteiger charge is 2.47. The van der Waals surface area contributed by atoms with Gasteiger partial charge in [0.2, 0.25) is 0 Å². The van der Waals surface area contributed by atoms with E-state index in [4.69, 9.17) is 0 Å². The Labute approximate surface area is 172 Å². The van der Waals surface area contributed by atoms with Gasteiger partial charge < -0.3 is 14.9 Å². The number of hydrogen-bond acceptors (Lipinski definition) is 5. The van der Waals surface area contributed by atoms with Crippen molar-refractivity contribution in [1.29, 1.82) is 0 Å². The highest BCUT2D eigenvalue weighted by molar-refractivity contribution is 5.96. The summed E-state index contributed by atoms with van der Waals surface area (Å²) in [7, 11) is 2.13. The van der Waals surface area contributed by atoms with Gasteiger partial charge in [-0.3, -0.25) is 14.8 Å². The summed E-state index contributed by atoms with van der Waals surface area (Å²) in [6, 6.07) is 9.80. The van der Waals surface area contributed by atoms with E-state index in [0.717, 1.165) is 43.1 Å². The second kappa shape index (κ2) is 7.89. The van der Waals surface area contributed by atoms with Crippen LogP contribution in [-0.4, -0.2) is 88.3 Å². The zero-order valence-corrected chi connectivity index (χ0v) is 17.6. The van der Waals surface area contributed by atoms with Crippen molar-refractivity contribution in [1.82, 2.24) is 24.9 Å². The van der Waals surface area contributed by atoms with Gasteiger partial charge in [-0.15, -0.1) is 0 Å². The molecule has 1 amide bonds. The van der Waals surface area contributed by atoms with Gasteiger partial charge in [-0.1, -0.05) is 30.3 Å². The molecule has 0 spiro atoms. The maximum Gasteiger partial charge on any atom is 0.257 e. The molecule has 0 bridgehead atoms. The van der Waals surface area contributed by atoms with Crippen molar-refractivity contribution in [2.45, 2.75) is 31.9 Å². The standard InChI is InChI=1S/C22H31N5O2/c1-16-20(17(2)24-23-16)21(28)27-10-9-22(29,18-7-5-4-6-8-18)19(15-27)26-13-11-25(3)12-14-26/h4-8,19,29H,9-15H2,1-3H3,(H,23,24)/t19-,22+/m1/s1. The Morgan fingerprint density at radius 2 is 1.83 bits per heavy atom. The van der Waals surface area contributed by atoms with Crippen LogP contribution >= 0.6 is 0 Å². The molecular formula is C22H31N5O2. The van der Waals surface area contributed by atoms with Crippen LogP contribution in [0.3, 0.4) is 0 Å².